The number of piperazine rings is 1. The maximum Gasteiger partial charge on any atom is 0.235 e. The molecule has 2 rings (SSSR count). The third kappa shape index (κ3) is 4.46. The van der Waals surface area contributed by atoms with Crippen molar-refractivity contribution in [1.29, 1.82) is 0 Å². The number of hydrogen-bond donors (Lipinski definition) is 0. The van der Waals surface area contributed by atoms with Crippen molar-refractivity contribution >= 4 is 27.7 Å². The fraction of sp³-hybridized carbons (Fsp3) is 0.500. The van der Waals surface area contributed by atoms with E-state index < -0.39 is 10.0 Å². The lowest BCUT2D eigenvalue weighted by molar-refractivity contribution is -0.131. The molecular weight excluding hydrogens is 308 g/mol. The molecule has 7 heteroatoms. The highest BCUT2D eigenvalue weighted by Crippen LogP contribution is 2.24. The van der Waals surface area contributed by atoms with Gasteiger partial charge in [-0.3, -0.25) is 4.79 Å². The van der Waals surface area contributed by atoms with E-state index in [0.717, 1.165) is 4.90 Å². The first-order valence-corrected chi connectivity index (χ1v) is 9.56. The van der Waals surface area contributed by atoms with Gasteiger partial charge in [0.1, 0.15) is 0 Å². The second-order valence-corrected chi connectivity index (χ2v) is 8.46. The zero-order chi connectivity index (χ0) is 15.5. The molecule has 0 bridgehead atoms. The van der Waals surface area contributed by atoms with Crippen LogP contribution in [-0.2, 0) is 14.8 Å². The fourth-order valence-electron chi connectivity index (χ4n) is 2.25. The van der Waals surface area contributed by atoms with Crippen molar-refractivity contribution in [1.82, 2.24) is 9.21 Å². The number of sulfonamides is 1. The van der Waals surface area contributed by atoms with E-state index in [0.29, 0.717) is 26.2 Å². The van der Waals surface area contributed by atoms with Crippen LogP contribution in [0, 0.1) is 0 Å². The molecule has 116 valence electrons. The Morgan fingerprint density at radius 2 is 1.71 bits per heavy atom. The summed E-state index contributed by atoms with van der Waals surface area (Å²) in [5.41, 5.74) is 0. The lowest BCUT2D eigenvalue weighted by atomic mass is 10.3. The first-order chi connectivity index (χ1) is 9.88. The van der Waals surface area contributed by atoms with Gasteiger partial charge >= 0.3 is 0 Å². The molecular formula is C14H20N2O3S2. The third-order valence-corrected chi connectivity index (χ3v) is 5.83. The first-order valence-electron chi connectivity index (χ1n) is 6.83. The van der Waals surface area contributed by atoms with Gasteiger partial charge in [-0.1, -0.05) is 18.2 Å². The monoisotopic (exact) mass is 328 g/mol. The standard InChI is InChI=1S/C14H20N2O3S2/c1-12(20-13-6-4-3-5-7-13)14(17)15-8-10-16(11-9-15)21(2,18)19/h3-7,12H,8-11H2,1-2H3/t12-/m0/s1. The number of amides is 1. The molecule has 0 aromatic heterocycles. The van der Waals surface area contributed by atoms with E-state index in [-0.39, 0.29) is 11.2 Å². The topological polar surface area (TPSA) is 57.7 Å². The van der Waals surface area contributed by atoms with Gasteiger partial charge in [0.15, 0.2) is 0 Å². The van der Waals surface area contributed by atoms with Crippen molar-refractivity contribution in [2.24, 2.45) is 0 Å². The molecule has 0 unspecified atom stereocenters. The fourth-order valence-corrected chi connectivity index (χ4v) is 4.05. The molecule has 5 nitrogen and oxygen atoms in total. The Morgan fingerprint density at radius 3 is 2.24 bits per heavy atom. The SMILES string of the molecule is C[C@H](Sc1ccccc1)C(=O)N1CCN(S(C)(=O)=O)CC1. The number of nitrogens with zero attached hydrogens (tertiary/aromatic N) is 2. The van der Waals surface area contributed by atoms with E-state index in [1.807, 2.05) is 37.3 Å². The number of carbonyl (C=O) groups is 1. The summed E-state index contributed by atoms with van der Waals surface area (Å²) in [6, 6.07) is 9.81. The highest BCUT2D eigenvalue weighted by atomic mass is 32.2. The molecule has 1 aliphatic rings. The summed E-state index contributed by atoms with van der Waals surface area (Å²) in [6.07, 6.45) is 1.21. The molecule has 1 aromatic rings. The number of rotatable bonds is 4. The van der Waals surface area contributed by atoms with Crippen molar-refractivity contribution < 1.29 is 13.2 Å². The molecule has 1 atom stereocenters. The summed E-state index contributed by atoms with van der Waals surface area (Å²) in [6.45, 7) is 3.58. The maximum atomic E-state index is 12.4. The molecule has 1 aliphatic heterocycles. The molecule has 1 heterocycles. The normalized spacial score (nSPS) is 18.5. The largest absolute Gasteiger partial charge is 0.339 e. The summed E-state index contributed by atoms with van der Waals surface area (Å²) < 4.78 is 24.3. The minimum Gasteiger partial charge on any atom is -0.339 e. The Hall–Kier alpha value is -1.05. The Bertz CT molecular complexity index is 581. The van der Waals surface area contributed by atoms with Gasteiger partial charge in [0.05, 0.1) is 11.5 Å². The molecule has 0 N–H and O–H groups in total. The van der Waals surface area contributed by atoms with Crippen LogP contribution in [0.25, 0.3) is 0 Å². The Balaban J connectivity index is 1.90. The molecule has 1 amide bonds. The zero-order valence-corrected chi connectivity index (χ0v) is 13.9. The van der Waals surface area contributed by atoms with Crippen molar-refractivity contribution in [2.75, 3.05) is 32.4 Å². The van der Waals surface area contributed by atoms with Crippen molar-refractivity contribution in [3.8, 4) is 0 Å². The van der Waals surface area contributed by atoms with E-state index in [1.165, 1.54) is 22.3 Å². The van der Waals surface area contributed by atoms with Gasteiger partial charge in [-0.15, -0.1) is 11.8 Å². The summed E-state index contributed by atoms with van der Waals surface area (Å²) >= 11 is 1.53. The van der Waals surface area contributed by atoms with Gasteiger partial charge in [-0.05, 0) is 19.1 Å². The quantitative estimate of drug-likeness (QED) is 0.781. The molecule has 1 fully saturated rings. The summed E-state index contributed by atoms with van der Waals surface area (Å²) in [4.78, 5) is 15.2. The third-order valence-electron chi connectivity index (χ3n) is 3.42. The van der Waals surface area contributed by atoms with E-state index in [2.05, 4.69) is 0 Å². The molecule has 1 aromatic carbocycles. The van der Waals surface area contributed by atoms with Crippen LogP contribution >= 0.6 is 11.8 Å². The predicted octanol–water partition coefficient (Wildman–Crippen LogP) is 1.27. The van der Waals surface area contributed by atoms with Gasteiger partial charge in [0, 0.05) is 31.1 Å². The number of thioether (sulfide) groups is 1. The van der Waals surface area contributed by atoms with Gasteiger partial charge in [0.25, 0.3) is 0 Å². The van der Waals surface area contributed by atoms with Crippen LogP contribution in [0.4, 0.5) is 0 Å². The van der Waals surface area contributed by atoms with Crippen LogP contribution in [-0.4, -0.2) is 61.2 Å². The minimum absolute atomic E-state index is 0.0667. The van der Waals surface area contributed by atoms with Gasteiger partial charge in [-0.2, -0.15) is 4.31 Å². The van der Waals surface area contributed by atoms with Crippen LogP contribution < -0.4 is 0 Å². The second-order valence-electron chi connectivity index (χ2n) is 5.06. The average molecular weight is 328 g/mol. The lowest BCUT2D eigenvalue weighted by Gasteiger charge is -2.34. The van der Waals surface area contributed by atoms with Gasteiger partial charge in [0.2, 0.25) is 15.9 Å². The minimum atomic E-state index is -3.15. The van der Waals surface area contributed by atoms with Crippen molar-refractivity contribution in [3.05, 3.63) is 30.3 Å². The number of hydrogen-bond acceptors (Lipinski definition) is 4. The molecule has 0 saturated carbocycles. The van der Waals surface area contributed by atoms with Gasteiger partial charge < -0.3 is 4.90 Å². The van der Waals surface area contributed by atoms with Crippen molar-refractivity contribution in [2.45, 2.75) is 17.1 Å². The van der Waals surface area contributed by atoms with E-state index in [1.54, 1.807) is 4.90 Å². The van der Waals surface area contributed by atoms with E-state index in [9.17, 15) is 13.2 Å². The summed E-state index contributed by atoms with van der Waals surface area (Å²) in [7, 11) is -3.15. The van der Waals surface area contributed by atoms with Crippen LogP contribution in [0.5, 0.6) is 0 Å². The molecule has 0 radical (unpaired) electrons. The lowest BCUT2D eigenvalue weighted by Crippen LogP contribution is -2.51. The predicted molar refractivity (Wildman–Crippen MR) is 84.8 cm³/mol. The highest BCUT2D eigenvalue weighted by molar-refractivity contribution is 8.00. The Labute approximate surface area is 130 Å². The number of benzene rings is 1. The average Bonchev–Trinajstić information content (AvgIpc) is 2.46. The first kappa shape index (κ1) is 16.3. The maximum absolute atomic E-state index is 12.4. The van der Waals surface area contributed by atoms with Crippen LogP contribution in [0.1, 0.15) is 6.92 Å². The number of carbonyl (C=O) groups excluding carboxylic acids is 1. The molecule has 0 spiro atoms. The molecule has 21 heavy (non-hydrogen) atoms. The van der Waals surface area contributed by atoms with Crippen LogP contribution in [0.3, 0.4) is 0 Å². The van der Waals surface area contributed by atoms with Crippen LogP contribution in [0.15, 0.2) is 35.2 Å². The van der Waals surface area contributed by atoms with Crippen molar-refractivity contribution in [3.63, 3.8) is 0 Å². The smallest absolute Gasteiger partial charge is 0.235 e. The van der Waals surface area contributed by atoms with E-state index in [4.69, 9.17) is 0 Å². The van der Waals surface area contributed by atoms with E-state index >= 15 is 0 Å². The Morgan fingerprint density at radius 1 is 1.14 bits per heavy atom. The highest BCUT2D eigenvalue weighted by Gasteiger charge is 2.28. The van der Waals surface area contributed by atoms with Crippen LogP contribution in [0.2, 0.25) is 0 Å². The Kier molecular flexibility index (Phi) is 5.29. The molecule has 1 saturated heterocycles. The summed E-state index contributed by atoms with van der Waals surface area (Å²) in [5.74, 6) is 0.0667. The zero-order valence-electron chi connectivity index (χ0n) is 12.2. The molecule has 0 aliphatic carbocycles. The second kappa shape index (κ2) is 6.81. The van der Waals surface area contributed by atoms with Gasteiger partial charge in [-0.25, -0.2) is 8.42 Å². The summed E-state index contributed by atoms with van der Waals surface area (Å²) in [5, 5.41) is -0.169.